The smallest absolute Gasteiger partial charge is 0.256 e. The number of likely N-dealkylation sites (tertiary alicyclic amines) is 1. The molecule has 4 aromatic rings. The maximum Gasteiger partial charge on any atom is 0.256 e. The van der Waals surface area contributed by atoms with Crippen molar-refractivity contribution in [3.05, 3.63) is 100 Å². The van der Waals surface area contributed by atoms with Gasteiger partial charge in [-0.1, -0.05) is 48.5 Å². The van der Waals surface area contributed by atoms with E-state index in [-0.39, 0.29) is 24.8 Å². The number of aliphatic hydroxyl groups excluding tert-OH is 1. The second-order valence-corrected chi connectivity index (χ2v) is 13.0. The van der Waals surface area contributed by atoms with Gasteiger partial charge in [0.2, 0.25) is 11.8 Å². The number of benzene rings is 3. The number of amides is 3. The molecule has 2 aliphatic rings. The number of carbonyl (C=O) groups is 3. The van der Waals surface area contributed by atoms with Crippen molar-refractivity contribution >= 4 is 28.6 Å². The van der Waals surface area contributed by atoms with Gasteiger partial charge in [-0.15, -0.1) is 0 Å². The Morgan fingerprint density at radius 1 is 1.02 bits per heavy atom. The Balaban J connectivity index is 1.24. The molecular weight excluding hydrogens is 594 g/mol. The van der Waals surface area contributed by atoms with Crippen LogP contribution in [0, 0.1) is 13.8 Å². The number of nitrogens with one attached hydrogen (secondary N) is 1. The highest BCUT2D eigenvalue weighted by molar-refractivity contribution is 6.08. The minimum atomic E-state index is -0.924. The predicted octanol–water partition coefficient (Wildman–Crippen LogP) is 3.54. The highest BCUT2D eigenvalue weighted by Gasteiger charge is 2.41. The molecule has 0 radical (unpaired) electrons. The molecule has 0 saturated carbocycles. The number of methoxy groups -OCH3 is 1. The summed E-state index contributed by atoms with van der Waals surface area (Å²) in [6, 6.07) is 17.7. The zero-order valence-corrected chi connectivity index (χ0v) is 27.7. The highest BCUT2D eigenvalue weighted by atomic mass is 16.5. The van der Waals surface area contributed by atoms with Crippen LogP contribution in [0.15, 0.2) is 66.9 Å². The van der Waals surface area contributed by atoms with Crippen molar-refractivity contribution in [1.82, 2.24) is 24.6 Å². The number of rotatable bonds is 9. The lowest BCUT2D eigenvalue weighted by Crippen LogP contribution is -2.56. The number of para-hydroxylation sites is 2. The maximum atomic E-state index is 14.1. The van der Waals surface area contributed by atoms with Crippen molar-refractivity contribution in [2.75, 3.05) is 27.2 Å². The van der Waals surface area contributed by atoms with Crippen molar-refractivity contribution in [1.29, 1.82) is 0 Å². The lowest BCUT2D eigenvalue weighted by atomic mass is 10.0. The topological polar surface area (TPSA) is 107 Å². The van der Waals surface area contributed by atoms with E-state index >= 15 is 0 Å². The van der Waals surface area contributed by atoms with Crippen molar-refractivity contribution in [2.24, 2.45) is 7.05 Å². The number of aryl methyl sites for hydroxylation is 3. The van der Waals surface area contributed by atoms with Gasteiger partial charge < -0.3 is 29.5 Å². The van der Waals surface area contributed by atoms with Crippen LogP contribution in [-0.4, -0.2) is 87.5 Å². The summed E-state index contributed by atoms with van der Waals surface area (Å²) in [5.74, 6) is -0.355. The van der Waals surface area contributed by atoms with Crippen molar-refractivity contribution in [3.63, 3.8) is 0 Å². The van der Waals surface area contributed by atoms with Gasteiger partial charge in [0.25, 0.3) is 5.91 Å². The van der Waals surface area contributed by atoms with Gasteiger partial charge in [0.1, 0.15) is 17.8 Å². The molecule has 10 nitrogen and oxygen atoms in total. The second kappa shape index (κ2) is 13.2. The first-order chi connectivity index (χ1) is 22.5. The average molecular weight is 638 g/mol. The molecule has 10 heteroatoms. The van der Waals surface area contributed by atoms with Crippen molar-refractivity contribution < 1.29 is 24.2 Å². The first-order valence-electron chi connectivity index (χ1n) is 16.1. The molecule has 2 aliphatic heterocycles. The Labute approximate surface area is 275 Å². The summed E-state index contributed by atoms with van der Waals surface area (Å²) in [6.45, 7) is 6.15. The minimum absolute atomic E-state index is 0.0343. The molecule has 1 saturated heterocycles. The second-order valence-electron chi connectivity index (χ2n) is 13.0. The van der Waals surface area contributed by atoms with Crippen molar-refractivity contribution in [3.8, 4) is 5.75 Å². The number of hydrogen-bond donors (Lipinski definition) is 2. The molecule has 2 N–H and O–H groups in total. The normalized spacial score (nSPS) is 18.3. The molecule has 3 atom stereocenters. The van der Waals surface area contributed by atoms with Crippen LogP contribution in [0.25, 0.3) is 10.9 Å². The largest absolute Gasteiger partial charge is 0.496 e. The molecular formula is C37H43N5O5. The lowest BCUT2D eigenvalue weighted by molar-refractivity contribution is -0.137. The average Bonchev–Trinajstić information content (AvgIpc) is 3.75. The van der Waals surface area contributed by atoms with Crippen LogP contribution >= 0.6 is 0 Å². The molecule has 3 aromatic carbocycles. The summed E-state index contributed by atoms with van der Waals surface area (Å²) in [7, 11) is 5.19. The third kappa shape index (κ3) is 6.48. The standard InChI is InChI=1S/C37H43N5O5/c1-23-14-26-18-41(19-27(26)15-24(23)2)22-31(37(46)40(4)17-25-10-6-9-13-34(25)47-5)38-35(44)33-16-28(43)20-42(33)36(45)30-21-39(3)32-12-8-7-11-29(30)32/h6-15,21,28,31,33,43H,16-20,22H2,1-5H3,(H,38,44). The summed E-state index contributed by atoms with van der Waals surface area (Å²) in [5.41, 5.74) is 7.10. The van der Waals surface area contributed by atoms with E-state index in [1.54, 1.807) is 25.3 Å². The van der Waals surface area contributed by atoms with E-state index in [0.717, 1.165) is 16.5 Å². The molecule has 0 spiro atoms. The molecule has 246 valence electrons. The molecule has 3 heterocycles. The molecule has 6 rings (SSSR count). The zero-order valence-electron chi connectivity index (χ0n) is 27.7. The minimum Gasteiger partial charge on any atom is -0.496 e. The van der Waals surface area contributed by atoms with Gasteiger partial charge in [-0.3, -0.25) is 19.3 Å². The van der Waals surface area contributed by atoms with Gasteiger partial charge in [-0.25, -0.2) is 0 Å². The van der Waals surface area contributed by atoms with E-state index in [1.165, 1.54) is 27.2 Å². The van der Waals surface area contributed by atoms with E-state index in [2.05, 4.69) is 36.2 Å². The summed E-state index contributed by atoms with van der Waals surface area (Å²) in [4.78, 5) is 47.3. The van der Waals surface area contributed by atoms with Crippen LogP contribution in [0.1, 0.15) is 44.6 Å². The Morgan fingerprint density at radius 2 is 1.68 bits per heavy atom. The fraction of sp³-hybridized carbons (Fsp3) is 0.378. The summed E-state index contributed by atoms with van der Waals surface area (Å²) in [6.07, 6.45) is 1.00. The van der Waals surface area contributed by atoms with Crippen molar-refractivity contribution in [2.45, 2.75) is 58.1 Å². The predicted molar refractivity (Wildman–Crippen MR) is 180 cm³/mol. The Hall–Kier alpha value is -4.67. The molecule has 47 heavy (non-hydrogen) atoms. The summed E-state index contributed by atoms with van der Waals surface area (Å²) in [5, 5.41) is 14.5. The Bertz CT molecular complexity index is 1800. The molecule has 3 amide bonds. The Kier molecular flexibility index (Phi) is 9.07. The number of aromatic nitrogens is 1. The quantitative estimate of drug-likeness (QED) is 0.291. The van der Waals surface area contributed by atoms with Crippen LogP contribution in [-0.2, 0) is 36.3 Å². The van der Waals surface area contributed by atoms with Gasteiger partial charge in [0.15, 0.2) is 0 Å². The number of fused-ring (bicyclic) bond motifs is 2. The Morgan fingerprint density at radius 3 is 2.38 bits per heavy atom. The van der Waals surface area contributed by atoms with Gasteiger partial charge >= 0.3 is 0 Å². The van der Waals surface area contributed by atoms with Crippen LogP contribution in [0.4, 0.5) is 0 Å². The number of carbonyl (C=O) groups excluding carboxylic acids is 3. The zero-order chi connectivity index (χ0) is 33.4. The molecule has 0 aliphatic carbocycles. The molecule has 3 unspecified atom stereocenters. The first-order valence-corrected chi connectivity index (χ1v) is 16.1. The maximum absolute atomic E-state index is 14.1. The van der Waals surface area contributed by atoms with Crippen LogP contribution in [0.2, 0.25) is 0 Å². The third-order valence-electron chi connectivity index (χ3n) is 9.61. The molecule has 0 bridgehead atoms. The van der Waals surface area contributed by atoms with Crippen LogP contribution < -0.4 is 10.1 Å². The number of hydrogen-bond acceptors (Lipinski definition) is 6. The molecule has 1 fully saturated rings. The van der Waals surface area contributed by atoms with E-state index in [0.29, 0.717) is 37.5 Å². The molecule has 1 aromatic heterocycles. The fourth-order valence-corrected chi connectivity index (χ4v) is 7.00. The van der Waals surface area contributed by atoms with E-state index in [1.807, 2.05) is 60.1 Å². The van der Waals surface area contributed by atoms with E-state index in [4.69, 9.17) is 4.74 Å². The van der Waals surface area contributed by atoms with Gasteiger partial charge in [-0.2, -0.15) is 0 Å². The van der Waals surface area contributed by atoms with E-state index < -0.39 is 24.1 Å². The summed E-state index contributed by atoms with van der Waals surface area (Å²) < 4.78 is 7.39. The number of aliphatic hydroxyl groups is 1. The monoisotopic (exact) mass is 637 g/mol. The first kappa shape index (κ1) is 32.3. The SMILES string of the molecule is COc1ccccc1CN(C)C(=O)C(CN1Cc2cc(C)c(C)cc2C1)NC(=O)C1CC(O)CN1C(=O)c1cn(C)c2ccccc12. The third-order valence-corrected chi connectivity index (χ3v) is 9.61. The number of likely N-dealkylation sites (N-methyl/N-ethyl adjacent to an activating group) is 1. The van der Waals surface area contributed by atoms with Gasteiger partial charge in [0.05, 0.1) is 18.8 Å². The fourth-order valence-electron chi connectivity index (χ4n) is 7.00. The summed E-state index contributed by atoms with van der Waals surface area (Å²) >= 11 is 0. The highest BCUT2D eigenvalue weighted by Crippen LogP contribution is 2.28. The number of ether oxygens (including phenoxy) is 1. The van der Waals surface area contributed by atoms with Crippen LogP contribution in [0.5, 0.6) is 5.75 Å². The number of β-amino-alcohol motifs (C(OH)–C–C–N with tert-alkyl or cyclic N) is 1. The van der Waals surface area contributed by atoms with E-state index in [9.17, 15) is 19.5 Å². The lowest BCUT2D eigenvalue weighted by Gasteiger charge is -2.30. The van der Waals surface area contributed by atoms with Gasteiger partial charge in [-0.05, 0) is 48.2 Å². The van der Waals surface area contributed by atoms with Crippen LogP contribution in [0.3, 0.4) is 0 Å². The van der Waals surface area contributed by atoms with Gasteiger partial charge in [0, 0.05) is 75.9 Å². The number of nitrogens with zero attached hydrogens (tertiary/aromatic N) is 4.